The molecule has 0 saturated carbocycles. The lowest BCUT2D eigenvalue weighted by Gasteiger charge is -2.11. The van der Waals surface area contributed by atoms with Gasteiger partial charge in [0.25, 0.3) is 0 Å². The first-order valence-corrected chi connectivity index (χ1v) is 5.31. The lowest BCUT2D eigenvalue weighted by molar-refractivity contribution is -0.0627. The van der Waals surface area contributed by atoms with Gasteiger partial charge >= 0.3 is 0 Å². The molecule has 1 heterocycles. The first-order valence-electron chi connectivity index (χ1n) is 4.93. The highest BCUT2D eigenvalue weighted by atomic mass is 35.5. The SMILES string of the molecule is OCCC1COC(c2cccc(Cl)c2)O1. The van der Waals surface area contributed by atoms with Crippen molar-refractivity contribution in [3.8, 4) is 0 Å². The maximum atomic E-state index is 8.77. The smallest absolute Gasteiger partial charge is 0.184 e. The van der Waals surface area contributed by atoms with Crippen LogP contribution in [0, 0.1) is 0 Å². The van der Waals surface area contributed by atoms with Crippen molar-refractivity contribution in [2.24, 2.45) is 0 Å². The number of hydrogen-bond acceptors (Lipinski definition) is 3. The molecule has 0 radical (unpaired) electrons. The van der Waals surface area contributed by atoms with E-state index in [1.807, 2.05) is 24.3 Å². The van der Waals surface area contributed by atoms with Crippen molar-refractivity contribution >= 4 is 11.6 Å². The molecule has 82 valence electrons. The molecule has 1 N–H and O–H groups in total. The van der Waals surface area contributed by atoms with Crippen LogP contribution in [0.25, 0.3) is 0 Å². The van der Waals surface area contributed by atoms with Gasteiger partial charge in [0.05, 0.1) is 12.7 Å². The molecule has 2 rings (SSSR count). The fourth-order valence-electron chi connectivity index (χ4n) is 1.57. The molecule has 0 amide bonds. The van der Waals surface area contributed by atoms with Crippen LogP contribution in [0.15, 0.2) is 24.3 Å². The van der Waals surface area contributed by atoms with Crippen LogP contribution >= 0.6 is 11.6 Å². The van der Waals surface area contributed by atoms with Crippen LogP contribution in [0.4, 0.5) is 0 Å². The van der Waals surface area contributed by atoms with Gasteiger partial charge in [-0.25, -0.2) is 0 Å². The Morgan fingerprint density at radius 3 is 3.07 bits per heavy atom. The first kappa shape index (κ1) is 10.9. The Balaban J connectivity index is 2.01. The van der Waals surface area contributed by atoms with Crippen molar-refractivity contribution in [1.29, 1.82) is 0 Å². The van der Waals surface area contributed by atoms with Crippen molar-refractivity contribution in [3.63, 3.8) is 0 Å². The van der Waals surface area contributed by atoms with Crippen molar-refractivity contribution < 1.29 is 14.6 Å². The highest BCUT2D eigenvalue weighted by Gasteiger charge is 2.26. The Bertz CT molecular complexity index is 329. The number of aliphatic hydroxyl groups excluding tert-OH is 1. The molecular weight excluding hydrogens is 216 g/mol. The lowest BCUT2D eigenvalue weighted by atomic mass is 10.2. The van der Waals surface area contributed by atoms with E-state index in [0.29, 0.717) is 18.1 Å². The van der Waals surface area contributed by atoms with Gasteiger partial charge in [-0.05, 0) is 18.6 Å². The summed E-state index contributed by atoms with van der Waals surface area (Å²) in [6, 6.07) is 7.42. The maximum Gasteiger partial charge on any atom is 0.184 e. The van der Waals surface area contributed by atoms with Gasteiger partial charge in [0.15, 0.2) is 6.29 Å². The average molecular weight is 229 g/mol. The summed E-state index contributed by atoms with van der Waals surface area (Å²) in [5, 5.41) is 9.44. The van der Waals surface area contributed by atoms with E-state index >= 15 is 0 Å². The maximum absolute atomic E-state index is 8.77. The van der Waals surface area contributed by atoms with Gasteiger partial charge in [-0.15, -0.1) is 0 Å². The zero-order valence-corrected chi connectivity index (χ0v) is 8.98. The fraction of sp³-hybridized carbons (Fsp3) is 0.455. The number of halogens is 1. The van der Waals surface area contributed by atoms with E-state index in [0.717, 1.165) is 5.56 Å². The largest absolute Gasteiger partial charge is 0.396 e. The number of aliphatic hydroxyl groups is 1. The zero-order valence-electron chi connectivity index (χ0n) is 8.23. The van der Waals surface area contributed by atoms with Crippen LogP contribution in [0.2, 0.25) is 5.02 Å². The monoisotopic (exact) mass is 228 g/mol. The van der Waals surface area contributed by atoms with E-state index in [1.165, 1.54) is 0 Å². The summed E-state index contributed by atoms with van der Waals surface area (Å²) in [5.74, 6) is 0. The molecule has 4 heteroatoms. The number of rotatable bonds is 3. The quantitative estimate of drug-likeness (QED) is 0.862. The molecule has 3 nitrogen and oxygen atoms in total. The van der Waals surface area contributed by atoms with Crippen LogP contribution in [0.3, 0.4) is 0 Å². The summed E-state index contributed by atoms with van der Waals surface area (Å²) >= 11 is 5.87. The molecule has 15 heavy (non-hydrogen) atoms. The van der Waals surface area contributed by atoms with Crippen LogP contribution in [-0.2, 0) is 9.47 Å². The minimum absolute atomic E-state index is 0.0148. The number of hydrogen-bond donors (Lipinski definition) is 1. The Morgan fingerprint density at radius 1 is 1.47 bits per heavy atom. The molecule has 0 spiro atoms. The highest BCUT2D eigenvalue weighted by molar-refractivity contribution is 6.30. The third-order valence-corrected chi connectivity index (χ3v) is 2.56. The molecule has 1 aliphatic rings. The first-order chi connectivity index (χ1) is 7.29. The summed E-state index contributed by atoms with van der Waals surface area (Å²) in [7, 11) is 0. The van der Waals surface area contributed by atoms with E-state index in [-0.39, 0.29) is 19.0 Å². The molecule has 0 bridgehead atoms. The molecule has 2 unspecified atom stereocenters. The van der Waals surface area contributed by atoms with Crippen LogP contribution in [0.1, 0.15) is 18.3 Å². The van der Waals surface area contributed by atoms with Crippen LogP contribution in [-0.4, -0.2) is 24.4 Å². The summed E-state index contributed by atoms with van der Waals surface area (Å²) < 4.78 is 11.1. The molecule has 1 aromatic rings. The molecule has 1 fully saturated rings. The van der Waals surface area contributed by atoms with Crippen molar-refractivity contribution in [2.45, 2.75) is 18.8 Å². The Morgan fingerprint density at radius 2 is 2.33 bits per heavy atom. The normalized spacial score (nSPS) is 25.7. The average Bonchev–Trinajstić information content (AvgIpc) is 2.67. The lowest BCUT2D eigenvalue weighted by Crippen LogP contribution is -2.11. The zero-order chi connectivity index (χ0) is 10.7. The van der Waals surface area contributed by atoms with Crippen molar-refractivity contribution in [1.82, 2.24) is 0 Å². The Labute approximate surface area is 93.6 Å². The molecular formula is C11H13ClO3. The van der Waals surface area contributed by atoms with Gasteiger partial charge in [0, 0.05) is 17.2 Å². The van der Waals surface area contributed by atoms with Gasteiger partial charge in [-0.3, -0.25) is 0 Å². The van der Waals surface area contributed by atoms with Gasteiger partial charge in [0.1, 0.15) is 0 Å². The summed E-state index contributed by atoms with van der Waals surface area (Å²) in [6.07, 6.45) is 0.246. The van der Waals surface area contributed by atoms with Gasteiger partial charge in [-0.2, -0.15) is 0 Å². The number of benzene rings is 1. The molecule has 0 aliphatic carbocycles. The summed E-state index contributed by atoms with van der Waals surface area (Å²) in [5.41, 5.74) is 0.919. The second-order valence-electron chi connectivity index (χ2n) is 3.49. The molecule has 1 aromatic carbocycles. The molecule has 2 atom stereocenters. The van der Waals surface area contributed by atoms with Crippen LogP contribution < -0.4 is 0 Å². The third-order valence-electron chi connectivity index (χ3n) is 2.32. The van der Waals surface area contributed by atoms with Gasteiger partial charge < -0.3 is 14.6 Å². The predicted molar refractivity (Wildman–Crippen MR) is 56.7 cm³/mol. The van der Waals surface area contributed by atoms with Crippen molar-refractivity contribution in [3.05, 3.63) is 34.9 Å². The van der Waals surface area contributed by atoms with Gasteiger partial charge in [0.2, 0.25) is 0 Å². The molecule has 1 saturated heterocycles. The van der Waals surface area contributed by atoms with E-state index in [9.17, 15) is 0 Å². The third kappa shape index (κ3) is 2.69. The highest BCUT2D eigenvalue weighted by Crippen LogP contribution is 2.29. The fourth-order valence-corrected chi connectivity index (χ4v) is 1.77. The standard InChI is InChI=1S/C11H13ClO3/c12-9-3-1-2-8(6-9)11-14-7-10(15-11)4-5-13/h1-3,6,10-11,13H,4-5,7H2. The van der Waals surface area contributed by atoms with E-state index in [4.69, 9.17) is 26.2 Å². The molecule has 0 aromatic heterocycles. The van der Waals surface area contributed by atoms with Crippen LogP contribution in [0.5, 0.6) is 0 Å². The Hall–Kier alpha value is -0.610. The molecule has 1 aliphatic heterocycles. The predicted octanol–water partition coefficient (Wildman–Crippen LogP) is 2.14. The van der Waals surface area contributed by atoms with E-state index < -0.39 is 0 Å². The van der Waals surface area contributed by atoms with Crippen molar-refractivity contribution in [2.75, 3.05) is 13.2 Å². The minimum atomic E-state index is -0.347. The second kappa shape index (κ2) is 4.94. The topological polar surface area (TPSA) is 38.7 Å². The minimum Gasteiger partial charge on any atom is -0.396 e. The number of ether oxygens (including phenoxy) is 2. The Kier molecular flexibility index (Phi) is 3.59. The van der Waals surface area contributed by atoms with E-state index in [2.05, 4.69) is 0 Å². The summed E-state index contributed by atoms with van der Waals surface area (Å²) in [6.45, 7) is 0.647. The summed E-state index contributed by atoms with van der Waals surface area (Å²) in [4.78, 5) is 0. The van der Waals surface area contributed by atoms with Gasteiger partial charge in [-0.1, -0.05) is 23.7 Å². The van der Waals surface area contributed by atoms with E-state index in [1.54, 1.807) is 0 Å². The second-order valence-corrected chi connectivity index (χ2v) is 3.93.